The zero-order valence-corrected chi connectivity index (χ0v) is 13.2. The highest BCUT2D eigenvalue weighted by atomic mass is 79.9. The van der Waals surface area contributed by atoms with Crippen molar-refractivity contribution in [1.29, 1.82) is 5.26 Å². The molecule has 0 saturated carbocycles. The molecule has 2 rings (SSSR count). The van der Waals surface area contributed by atoms with Gasteiger partial charge in [0.15, 0.2) is 0 Å². The van der Waals surface area contributed by atoms with E-state index in [1.54, 1.807) is 24.3 Å². The van der Waals surface area contributed by atoms with Crippen LogP contribution < -0.4 is 5.73 Å². The number of hydrogen-bond acceptors (Lipinski definition) is 2. The first-order valence-corrected chi connectivity index (χ1v) is 7.32. The molecule has 0 saturated heterocycles. The maximum atomic E-state index is 13.1. The lowest BCUT2D eigenvalue weighted by atomic mass is 10.1. The molecule has 1 aromatic carbocycles. The average molecular weight is 372 g/mol. The maximum absolute atomic E-state index is 13.1. The van der Waals surface area contributed by atoms with Crippen molar-refractivity contribution >= 4 is 21.7 Å². The Hall–Kier alpha value is -1.94. The van der Waals surface area contributed by atoms with E-state index in [1.807, 2.05) is 6.07 Å². The van der Waals surface area contributed by atoms with Crippen LogP contribution >= 0.6 is 15.9 Å². The predicted molar refractivity (Wildman–Crippen MR) is 82.1 cm³/mol. The Labute approximate surface area is 134 Å². The number of hydrogen-bond donors (Lipinski definition) is 1. The fourth-order valence-corrected chi connectivity index (χ4v) is 2.61. The van der Waals surface area contributed by atoms with Crippen molar-refractivity contribution in [3.8, 4) is 17.2 Å². The summed E-state index contributed by atoms with van der Waals surface area (Å²) in [5.41, 5.74) is 6.89. The molecule has 2 N–H and O–H groups in total. The summed E-state index contributed by atoms with van der Waals surface area (Å²) < 4.78 is 41.1. The third-order valence-corrected chi connectivity index (χ3v) is 3.97. The molecule has 2 aromatic rings. The number of nitrogens with two attached hydrogens (primary N) is 1. The first-order chi connectivity index (χ1) is 10.3. The van der Waals surface area contributed by atoms with Crippen LogP contribution in [-0.4, -0.2) is 10.7 Å². The average Bonchev–Trinajstić information content (AvgIpc) is 2.76. The number of rotatable bonds is 3. The van der Waals surface area contributed by atoms with Crippen LogP contribution in [0, 0.1) is 11.3 Å². The van der Waals surface area contributed by atoms with Gasteiger partial charge in [-0.25, -0.2) is 0 Å². The topological polar surface area (TPSA) is 54.7 Å². The van der Waals surface area contributed by atoms with E-state index in [2.05, 4.69) is 15.9 Å². The minimum absolute atomic E-state index is 0.0602. The smallest absolute Gasteiger partial charge is 0.384 e. The summed E-state index contributed by atoms with van der Waals surface area (Å²) in [5.74, 6) is -0.162. The van der Waals surface area contributed by atoms with E-state index in [4.69, 9.17) is 5.73 Å². The molecule has 22 heavy (non-hydrogen) atoms. The van der Waals surface area contributed by atoms with Crippen LogP contribution in [0.25, 0.3) is 11.1 Å². The molecule has 0 spiro atoms. The second-order valence-electron chi connectivity index (χ2n) is 4.79. The van der Waals surface area contributed by atoms with Crippen molar-refractivity contribution in [2.75, 3.05) is 5.73 Å². The summed E-state index contributed by atoms with van der Waals surface area (Å²) in [6.45, 7) is 1.43. The molecule has 0 aliphatic rings. The van der Waals surface area contributed by atoms with Gasteiger partial charge in [0, 0.05) is 16.2 Å². The van der Waals surface area contributed by atoms with E-state index < -0.39 is 12.2 Å². The molecule has 7 heteroatoms. The Morgan fingerprint density at radius 2 is 1.91 bits per heavy atom. The van der Waals surface area contributed by atoms with Gasteiger partial charge in [-0.05, 0) is 24.1 Å². The van der Waals surface area contributed by atoms with Crippen molar-refractivity contribution in [2.24, 2.45) is 0 Å². The predicted octanol–water partition coefficient (Wildman–Crippen LogP) is 4.88. The van der Waals surface area contributed by atoms with E-state index >= 15 is 0 Å². The zero-order chi connectivity index (χ0) is 16.5. The Kier molecular flexibility index (Phi) is 4.52. The number of nitrogens with zero attached hydrogens (tertiary/aromatic N) is 2. The van der Waals surface area contributed by atoms with Crippen LogP contribution in [0.4, 0.5) is 19.0 Å². The highest BCUT2D eigenvalue weighted by molar-refractivity contribution is 9.10. The van der Waals surface area contributed by atoms with Gasteiger partial charge in [0.25, 0.3) is 0 Å². The summed E-state index contributed by atoms with van der Waals surface area (Å²) in [6.07, 6.45) is -3.28. The van der Waals surface area contributed by atoms with Gasteiger partial charge in [0.05, 0.1) is 0 Å². The third kappa shape index (κ3) is 2.97. The lowest BCUT2D eigenvalue weighted by Crippen LogP contribution is -2.26. The second-order valence-corrected chi connectivity index (χ2v) is 5.71. The molecular weight excluding hydrogens is 359 g/mol. The van der Waals surface area contributed by atoms with Gasteiger partial charge < -0.3 is 10.3 Å². The normalized spacial score (nSPS) is 12.9. The van der Waals surface area contributed by atoms with Crippen LogP contribution in [0.1, 0.15) is 24.9 Å². The van der Waals surface area contributed by atoms with Crippen LogP contribution in [0.15, 0.2) is 34.9 Å². The van der Waals surface area contributed by atoms with Gasteiger partial charge in [-0.3, -0.25) is 0 Å². The number of nitriles is 1. The molecule has 1 unspecified atom stereocenters. The lowest BCUT2D eigenvalue weighted by Gasteiger charge is -2.21. The van der Waals surface area contributed by atoms with Crippen molar-refractivity contribution < 1.29 is 13.2 Å². The van der Waals surface area contributed by atoms with Crippen LogP contribution in [-0.2, 0) is 0 Å². The Balaban J connectivity index is 2.61. The molecule has 116 valence electrons. The summed E-state index contributed by atoms with van der Waals surface area (Å²) in [4.78, 5) is 0. The summed E-state index contributed by atoms with van der Waals surface area (Å²) >= 11 is 3.29. The van der Waals surface area contributed by atoms with Crippen molar-refractivity contribution in [2.45, 2.75) is 25.6 Å². The van der Waals surface area contributed by atoms with E-state index in [-0.39, 0.29) is 17.8 Å². The van der Waals surface area contributed by atoms with Crippen molar-refractivity contribution in [3.63, 3.8) is 0 Å². The molecule has 0 bridgehead atoms. The first kappa shape index (κ1) is 16.4. The molecule has 1 aromatic heterocycles. The Morgan fingerprint density at radius 3 is 2.36 bits per heavy atom. The minimum Gasteiger partial charge on any atom is -0.384 e. The van der Waals surface area contributed by atoms with Gasteiger partial charge in [0.2, 0.25) is 0 Å². The van der Waals surface area contributed by atoms with Crippen molar-refractivity contribution in [3.05, 3.63) is 40.5 Å². The summed E-state index contributed by atoms with van der Waals surface area (Å²) in [5, 5.41) is 9.25. The SMILES string of the molecule is CCC(n1cc(-c2ccc(Br)cc2)c(C#N)c1N)C(F)(F)F. The minimum atomic E-state index is -4.42. The van der Waals surface area contributed by atoms with Gasteiger partial charge in [0.1, 0.15) is 23.5 Å². The van der Waals surface area contributed by atoms with E-state index in [0.29, 0.717) is 11.1 Å². The molecule has 0 radical (unpaired) electrons. The van der Waals surface area contributed by atoms with E-state index in [1.165, 1.54) is 13.1 Å². The molecule has 0 aliphatic carbocycles. The van der Waals surface area contributed by atoms with Crippen LogP contribution in [0.2, 0.25) is 0 Å². The van der Waals surface area contributed by atoms with Crippen LogP contribution in [0.5, 0.6) is 0 Å². The lowest BCUT2D eigenvalue weighted by molar-refractivity contribution is -0.167. The molecule has 0 fully saturated rings. The Bertz CT molecular complexity index is 711. The van der Waals surface area contributed by atoms with Gasteiger partial charge in [-0.1, -0.05) is 35.0 Å². The Morgan fingerprint density at radius 1 is 1.32 bits per heavy atom. The quantitative estimate of drug-likeness (QED) is 0.835. The highest BCUT2D eigenvalue weighted by Crippen LogP contribution is 2.39. The van der Waals surface area contributed by atoms with Crippen molar-refractivity contribution in [1.82, 2.24) is 4.57 Å². The standard InChI is InChI=1S/C15H13BrF3N3/c1-2-13(15(17,18)19)22-8-12(11(7-20)14(22)21)9-3-5-10(16)6-4-9/h3-6,8,13H,2,21H2,1H3. The first-order valence-electron chi connectivity index (χ1n) is 6.52. The van der Waals surface area contributed by atoms with Gasteiger partial charge in [-0.15, -0.1) is 0 Å². The number of halogens is 4. The summed E-state index contributed by atoms with van der Waals surface area (Å²) in [6, 6.07) is 7.11. The fourth-order valence-electron chi connectivity index (χ4n) is 2.35. The van der Waals surface area contributed by atoms with Gasteiger partial charge >= 0.3 is 6.18 Å². The van der Waals surface area contributed by atoms with Crippen LogP contribution in [0.3, 0.4) is 0 Å². The largest absolute Gasteiger partial charge is 0.409 e. The molecule has 0 aliphatic heterocycles. The molecule has 1 atom stereocenters. The molecule has 1 heterocycles. The third-order valence-electron chi connectivity index (χ3n) is 3.44. The molecule has 3 nitrogen and oxygen atoms in total. The number of alkyl halides is 3. The second kappa shape index (κ2) is 6.05. The number of anilines is 1. The number of aromatic nitrogens is 1. The van der Waals surface area contributed by atoms with E-state index in [0.717, 1.165) is 9.04 Å². The number of nitrogen functional groups attached to an aromatic ring is 1. The highest BCUT2D eigenvalue weighted by Gasteiger charge is 2.41. The maximum Gasteiger partial charge on any atom is 0.409 e. The van der Waals surface area contributed by atoms with E-state index in [9.17, 15) is 18.4 Å². The van der Waals surface area contributed by atoms with Gasteiger partial charge in [-0.2, -0.15) is 18.4 Å². The molecule has 0 amide bonds. The monoisotopic (exact) mass is 371 g/mol. The zero-order valence-electron chi connectivity index (χ0n) is 11.7. The molecular formula is C15H13BrF3N3. The fraction of sp³-hybridized carbons (Fsp3) is 0.267. The number of benzene rings is 1. The summed E-state index contributed by atoms with van der Waals surface area (Å²) in [7, 11) is 0.